The SMILES string of the molecule is CCC(CC)N(CC(C)C)c1ccc(CCN)c(Cl)c1. The van der Waals surface area contributed by atoms with Crippen LogP contribution in [0.15, 0.2) is 18.2 Å². The van der Waals surface area contributed by atoms with Gasteiger partial charge in [0.25, 0.3) is 0 Å². The van der Waals surface area contributed by atoms with Crippen LogP contribution in [-0.4, -0.2) is 19.1 Å². The summed E-state index contributed by atoms with van der Waals surface area (Å²) in [6.45, 7) is 10.7. The van der Waals surface area contributed by atoms with Crippen LogP contribution < -0.4 is 10.6 Å². The summed E-state index contributed by atoms with van der Waals surface area (Å²) in [5, 5.41) is 0.840. The minimum absolute atomic E-state index is 0.578. The molecule has 0 aliphatic heterocycles. The van der Waals surface area contributed by atoms with E-state index in [0.29, 0.717) is 18.5 Å². The maximum Gasteiger partial charge on any atom is 0.0459 e. The van der Waals surface area contributed by atoms with Crippen LogP contribution in [0, 0.1) is 5.92 Å². The van der Waals surface area contributed by atoms with Crippen molar-refractivity contribution < 1.29 is 0 Å². The van der Waals surface area contributed by atoms with Crippen molar-refractivity contribution in [3.8, 4) is 0 Å². The number of halogens is 1. The fourth-order valence-corrected chi connectivity index (χ4v) is 2.93. The average molecular weight is 297 g/mol. The minimum atomic E-state index is 0.578. The summed E-state index contributed by atoms with van der Waals surface area (Å²) in [6.07, 6.45) is 3.16. The molecular weight excluding hydrogens is 268 g/mol. The second kappa shape index (κ2) is 8.53. The highest BCUT2D eigenvalue weighted by atomic mass is 35.5. The lowest BCUT2D eigenvalue weighted by molar-refractivity contribution is 0.507. The Balaban J connectivity index is 3.03. The Morgan fingerprint density at radius 3 is 2.30 bits per heavy atom. The van der Waals surface area contributed by atoms with Crippen LogP contribution in [0.2, 0.25) is 5.02 Å². The first-order valence-corrected chi connectivity index (χ1v) is 8.16. The smallest absolute Gasteiger partial charge is 0.0459 e. The minimum Gasteiger partial charge on any atom is -0.368 e. The first-order chi connectivity index (χ1) is 9.53. The molecule has 20 heavy (non-hydrogen) atoms. The van der Waals surface area contributed by atoms with Crippen molar-refractivity contribution in [2.45, 2.75) is 53.0 Å². The highest BCUT2D eigenvalue weighted by molar-refractivity contribution is 6.31. The van der Waals surface area contributed by atoms with E-state index >= 15 is 0 Å². The fourth-order valence-electron chi connectivity index (χ4n) is 2.66. The fraction of sp³-hybridized carbons (Fsp3) is 0.647. The third-order valence-electron chi connectivity index (χ3n) is 3.73. The van der Waals surface area contributed by atoms with Crippen LogP contribution in [0.25, 0.3) is 0 Å². The van der Waals surface area contributed by atoms with Gasteiger partial charge in [0.15, 0.2) is 0 Å². The van der Waals surface area contributed by atoms with Crippen LogP contribution in [-0.2, 0) is 6.42 Å². The van der Waals surface area contributed by atoms with Gasteiger partial charge in [-0.15, -0.1) is 0 Å². The van der Waals surface area contributed by atoms with Crippen LogP contribution in [0.1, 0.15) is 46.1 Å². The van der Waals surface area contributed by atoms with Gasteiger partial charge in [0.1, 0.15) is 0 Å². The van der Waals surface area contributed by atoms with Crippen LogP contribution in [0.5, 0.6) is 0 Å². The summed E-state index contributed by atoms with van der Waals surface area (Å²) in [5.74, 6) is 0.637. The molecule has 0 aliphatic rings. The number of nitrogens with zero attached hydrogens (tertiary/aromatic N) is 1. The van der Waals surface area contributed by atoms with E-state index in [9.17, 15) is 0 Å². The van der Waals surface area contributed by atoms with Gasteiger partial charge in [0.05, 0.1) is 0 Å². The molecule has 2 N–H and O–H groups in total. The Bertz CT molecular complexity index is 400. The molecule has 1 rings (SSSR count). The largest absolute Gasteiger partial charge is 0.368 e. The Morgan fingerprint density at radius 2 is 1.85 bits per heavy atom. The Hall–Kier alpha value is -0.730. The third-order valence-corrected chi connectivity index (χ3v) is 4.08. The van der Waals surface area contributed by atoms with Gasteiger partial charge < -0.3 is 10.6 Å². The van der Waals surface area contributed by atoms with E-state index in [1.807, 2.05) is 0 Å². The van der Waals surface area contributed by atoms with Crippen molar-refractivity contribution in [3.05, 3.63) is 28.8 Å². The highest BCUT2D eigenvalue weighted by Crippen LogP contribution is 2.27. The number of nitrogens with two attached hydrogens (primary N) is 1. The quantitative estimate of drug-likeness (QED) is 0.766. The first kappa shape index (κ1) is 17.3. The molecule has 0 radical (unpaired) electrons. The van der Waals surface area contributed by atoms with Gasteiger partial charge in [0.2, 0.25) is 0 Å². The zero-order valence-electron chi connectivity index (χ0n) is 13.3. The lowest BCUT2D eigenvalue weighted by Crippen LogP contribution is -2.37. The maximum absolute atomic E-state index is 6.40. The van der Waals surface area contributed by atoms with Crippen LogP contribution in [0.3, 0.4) is 0 Å². The Kier molecular flexibility index (Phi) is 7.39. The lowest BCUT2D eigenvalue weighted by atomic mass is 10.0. The zero-order valence-corrected chi connectivity index (χ0v) is 14.1. The molecule has 0 aliphatic carbocycles. The van der Waals surface area contributed by atoms with Crippen molar-refractivity contribution in [1.82, 2.24) is 0 Å². The molecule has 0 saturated carbocycles. The van der Waals surface area contributed by atoms with E-state index in [-0.39, 0.29) is 0 Å². The predicted octanol–water partition coefficient (Wildman–Crippen LogP) is 4.49. The third kappa shape index (κ3) is 4.68. The van der Waals surface area contributed by atoms with Crippen molar-refractivity contribution >= 4 is 17.3 Å². The summed E-state index contributed by atoms with van der Waals surface area (Å²) in [4.78, 5) is 2.50. The van der Waals surface area contributed by atoms with E-state index in [4.69, 9.17) is 17.3 Å². The van der Waals surface area contributed by atoms with E-state index in [2.05, 4.69) is 50.8 Å². The Labute approximate surface area is 129 Å². The second-order valence-corrected chi connectivity index (χ2v) is 6.24. The molecule has 114 valence electrons. The van der Waals surface area contributed by atoms with E-state index < -0.39 is 0 Å². The molecule has 0 fully saturated rings. The average Bonchev–Trinajstić information content (AvgIpc) is 2.41. The topological polar surface area (TPSA) is 29.3 Å². The van der Waals surface area contributed by atoms with Gasteiger partial charge in [-0.3, -0.25) is 0 Å². The van der Waals surface area contributed by atoms with Crippen LogP contribution >= 0.6 is 11.6 Å². The summed E-state index contributed by atoms with van der Waals surface area (Å²) < 4.78 is 0. The molecular formula is C17H29ClN2. The number of rotatable bonds is 8. The molecule has 0 spiro atoms. The number of hydrogen-bond acceptors (Lipinski definition) is 2. The first-order valence-electron chi connectivity index (χ1n) is 7.78. The molecule has 0 aromatic heterocycles. The molecule has 1 aromatic rings. The zero-order chi connectivity index (χ0) is 15.1. The number of anilines is 1. The molecule has 1 aromatic carbocycles. The molecule has 0 heterocycles. The van der Waals surface area contributed by atoms with Crippen molar-refractivity contribution in [1.29, 1.82) is 0 Å². The molecule has 0 amide bonds. The summed E-state index contributed by atoms with van der Waals surface area (Å²) >= 11 is 6.40. The number of hydrogen-bond donors (Lipinski definition) is 1. The maximum atomic E-state index is 6.40. The standard InChI is InChI=1S/C17H29ClN2/c1-5-15(6-2)20(12-13(3)4)16-8-7-14(9-10-19)17(18)11-16/h7-8,11,13,15H,5-6,9-10,12,19H2,1-4H3. The van der Waals surface area contributed by atoms with E-state index in [1.165, 1.54) is 5.69 Å². The number of benzene rings is 1. The molecule has 2 nitrogen and oxygen atoms in total. The Morgan fingerprint density at radius 1 is 1.20 bits per heavy atom. The normalized spacial score (nSPS) is 11.4. The second-order valence-electron chi connectivity index (χ2n) is 5.83. The summed E-state index contributed by atoms with van der Waals surface area (Å²) in [7, 11) is 0. The van der Waals surface area contributed by atoms with E-state index in [1.54, 1.807) is 0 Å². The predicted molar refractivity (Wildman–Crippen MR) is 90.8 cm³/mol. The lowest BCUT2D eigenvalue weighted by Gasteiger charge is -2.34. The van der Waals surface area contributed by atoms with Crippen molar-refractivity contribution in [2.75, 3.05) is 18.0 Å². The highest BCUT2D eigenvalue weighted by Gasteiger charge is 2.17. The van der Waals surface area contributed by atoms with Crippen LogP contribution in [0.4, 0.5) is 5.69 Å². The molecule has 0 unspecified atom stereocenters. The molecule has 0 atom stereocenters. The van der Waals surface area contributed by atoms with Gasteiger partial charge >= 0.3 is 0 Å². The van der Waals surface area contributed by atoms with Gasteiger partial charge in [0, 0.05) is 23.3 Å². The van der Waals surface area contributed by atoms with Crippen molar-refractivity contribution in [2.24, 2.45) is 11.7 Å². The monoisotopic (exact) mass is 296 g/mol. The van der Waals surface area contributed by atoms with Crippen molar-refractivity contribution in [3.63, 3.8) is 0 Å². The van der Waals surface area contributed by atoms with Gasteiger partial charge in [-0.2, -0.15) is 0 Å². The molecule has 0 bridgehead atoms. The summed E-state index contributed by atoms with van der Waals surface area (Å²) in [5.41, 5.74) is 8.00. The summed E-state index contributed by atoms with van der Waals surface area (Å²) in [6, 6.07) is 7.00. The van der Waals surface area contributed by atoms with Gasteiger partial charge in [-0.25, -0.2) is 0 Å². The van der Waals surface area contributed by atoms with E-state index in [0.717, 1.165) is 36.4 Å². The molecule has 3 heteroatoms. The molecule has 0 saturated heterocycles. The van der Waals surface area contributed by atoms with Gasteiger partial charge in [-0.05, 0) is 49.4 Å². The van der Waals surface area contributed by atoms with Gasteiger partial charge in [-0.1, -0.05) is 45.4 Å².